The van der Waals surface area contributed by atoms with Crippen molar-refractivity contribution >= 4 is 27.5 Å². The van der Waals surface area contributed by atoms with E-state index in [0.717, 1.165) is 29.0 Å². The van der Waals surface area contributed by atoms with Gasteiger partial charge in [0, 0.05) is 13.1 Å². The molecule has 2 amide bonds. The number of hydrogen-bond acceptors (Lipinski definition) is 5. The van der Waals surface area contributed by atoms with Gasteiger partial charge in [0.05, 0.1) is 11.9 Å². The minimum atomic E-state index is -3.82. The predicted molar refractivity (Wildman–Crippen MR) is 154 cm³/mol. The molecule has 0 spiro atoms. The summed E-state index contributed by atoms with van der Waals surface area (Å²) < 4.78 is 32.5. The number of benzene rings is 3. The lowest BCUT2D eigenvalue weighted by Crippen LogP contribution is -2.52. The lowest BCUT2D eigenvalue weighted by molar-refractivity contribution is -0.140. The van der Waals surface area contributed by atoms with Crippen LogP contribution in [0.5, 0.6) is 11.5 Å². The molecule has 0 aliphatic carbocycles. The maximum Gasteiger partial charge on any atom is 0.244 e. The summed E-state index contributed by atoms with van der Waals surface area (Å²) in [5.74, 6) is 0.472. The number of para-hydroxylation sites is 1. The van der Waals surface area contributed by atoms with Crippen LogP contribution in [0.4, 0.5) is 5.69 Å². The molecular formula is C30H37N3O5S. The Balaban J connectivity index is 1.85. The van der Waals surface area contributed by atoms with Gasteiger partial charge in [-0.3, -0.25) is 13.9 Å². The van der Waals surface area contributed by atoms with E-state index in [-0.39, 0.29) is 12.5 Å². The molecule has 0 aliphatic heterocycles. The molecule has 3 aromatic rings. The van der Waals surface area contributed by atoms with Crippen LogP contribution in [0.15, 0.2) is 84.9 Å². The highest BCUT2D eigenvalue weighted by atomic mass is 32.2. The van der Waals surface area contributed by atoms with Crippen molar-refractivity contribution in [3.05, 3.63) is 90.5 Å². The first-order chi connectivity index (χ1) is 18.7. The molecule has 3 aromatic carbocycles. The summed E-state index contributed by atoms with van der Waals surface area (Å²) in [4.78, 5) is 28.3. The van der Waals surface area contributed by atoms with E-state index < -0.39 is 28.5 Å². The van der Waals surface area contributed by atoms with E-state index in [1.165, 1.54) is 4.90 Å². The molecule has 0 fully saturated rings. The third-order valence-corrected chi connectivity index (χ3v) is 7.33. The lowest BCUT2D eigenvalue weighted by Gasteiger charge is -2.33. The van der Waals surface area contributed by atoms with E-state index in [4.69, 9.17) is 4.74 Å². The van der Waals surface area contributed by atoms with Crippen LogP contribution < -0.4 is 14.4 Å². The van der Waals surface area contributed by atoms with Gasteiger partial charge in [0.25, 0.3) is 0 Å². The van der Waals surface area contributed by atoms with Crippen molar-refractivity contribution in [1.29, 1.82) is 0 Å². The van der Waals surface area contributed by atoms with Gasteiger partial charge >= 0.3 is 0 Å². The van der Waals surface area contributed by atoms with Crippen LogP contribution in [0.2, 0.25) is 0 Å². The first-order valence-electron chi connectivity index (χ1n) is 13.1. The fourth-order valence-electron chi connectivity index (χ4n) is 4.12. The van der Waals surface area contributed by atoms with E-state index in [1.807, 2.05) is 74.5 Å². The van der Waals surface area contributed by atoms with E-state index in [9.17, 15) is 18.0 Å². The van der Waals surface area contributed by atoms with Crippen LogP contribution in [0, 0.1) is 0 Å². The Morgan fingerprint density at radius 2 is 1.46 bits per heavy atom. The SMILES string of the molecule is CCCCNC(=O)C(CC)N(Cc1ccccc1)C(=O)CN(c1ccc(Oc2ccccc2)cc1)S(C)(=O)=O. The smallest absolute Gasteiger partial charge is 0.244 e. The molecule has 9 heteroatoms. The Labute approximate surface area is 231 Å². The minimum Gasteiger partial charge on any atom is -0.457 e. The molecule has 0 aliphatic rings. The normalized spacial score (nSPS) is 11.9. The van der Waals surface area contributed by atoms with Gasteiger partial charge in [0.2, 0.25) is 21.8 Å². The lowest BCUT2D eigenvalue weighted by atomic mass is 10.1. The quantitative estimate of drug-likeness (QED) is 0.286. The Morgan fingerprint density at radius 1 is 0.872 bits per heavy atom. The Bertz CT molecular complexity index is 1300. The second kappa shape index (κ2) is 14.3. The molecule has 1 atom stereocenters. The Morgan fingerprint density at radius 3 is 2.03 bits per heavy atom. The van der Waals surface area contributed by atoms with Gasteiger partial charge in [0.15, 0.2) is 0 Å². The van der Waals surface area contributed by atoms with E-state index in [1.54, 1.807) is 24.3 Å². The van der Waals surface area contributed by atoms with Crippen molar-refractivity contribution in [2.75, 3.05) is 23.7 Å². The highest BCUT2D eigenvalue weighted by Crippen LogP contribution is 2.26. The molecule has 0 bridgehead atoms. The summed E-state index contributed by atoms with van der Waals surface area (Å²) in [6.07, 6.45) is 3.22. The highest BCUT2D eigenvalue weighted by molar-refractivity contribution is 7.92. The first-order valence-corrected chi connectivity index (χ1v) is 15.0. The zero-order chi connectivity index (χ0) is 28.3. The molecule has 1 N–H and O–H groups in total. The van der Waals surface area contributed by atoms with Crippen molar-refractivity contribution in [3.63, 3.8) is 0 Å². The van der Waals surface area contributed by atoms with Crippen LogP contribution in [0.25, 0.3) is 0 Å². The molecule has 0 saturated heterocycles. The molecule has 0 saturated carbocycles. The number of unbranched alkanes of at least 4 members (excludes halogenated alkanes) is 1. The molecule has 0 aromatic heterocycles. The average molecular weight is 552 g/mol. The van der Waals surface area contributed by atoms with Gasteiger partial charge in [-0.2, -0.15) is 0 Å². The predicted octanol–water partition coefficient (Wildman–Crippen LogP) is 4.97. The Hall–Kier alpha value is -3.85. The number of carbonyl (C=O) groups excluding carboxylic acids is 2. The standard InChI is InChI=1S/C30H37N3O5S/c1-4-6-21-31-30(35)28(5-2)32(22-24-13-9-7-10-14-24)29(34)23-33(39(3,36)37)25-17-19-27(20-18-25)38-26-15-11-8-12-16-26/h7-20,28H,4-6,21-23H2,1-3H3,(H,31,35). The number of amides is 2. The number of sulfonamides is 1. The number of rotatable bonds is 14. The van der Waals surface area contributed by atoms with Crippen LogP contribution >= 0.6 is 0 Å². The third kappa shape index (κ3) is 8.85. The van der Waals surface area contributed by atoms with Gasteiger partial charge in [-0.25, -0.2) is 8.42 Å². The molecule has 208 valence electrons. The van der Waals surface area contributed by atoms with Crippen molar-refractivity contribution < 1.29 is 22.7 Å². The number of anilines is 1. The van der Waals surface area contributed by atoms with Crippen LogP contribution in [0.3, 0.4) is 0 Å². The molecule has 1 unspecified atom stereocenters. The molecule has 0 heterocycles. The summed E-state index contributed by atoms with van der Waals surface area (Å²) in [6.45, 7) is 4.14. The third-order valence-electron chi connectivity index (χ3n) is 6.19. The maximum absolute atomic E-state index is 13.7. The molecular weight excluding hydrogens is 514 g/mol. The Kier molecular flexibility index (Phi) is 10.9. The molecule has 8 nitrogen and oxygen atoms in total. The second-order valence-electron chi connectivity index (χ2n) is 9.25. The largest absolute Gasteiger partial charge is 0.457 e. The fourth-order valence-corrected chi connectivity index (χ4v) is 4.97. The van der Waals surface area contributed by atoms with E-state index in [2.05, 4.69) is 5.32 Å². The number of carbonyl (C=O) groups is 2. The summed E-state index contributed by atoms with van der Waals surface area (Å²) in [5, 5.41) is 2.92. The monoisotopic (exact) mass is 551 g/mol. The summed E-state index contributed by atoms with van der Waals surface area (Å²) in [6, 6.07) is 24.4. The second-order valence-corrected chi connectivity index (χ2v) is 11.2. The topological polar surface area (TPSA) is 96.0 Å². The minimum absolute atomic E-state index is 0.181. The maximum atomic E-state index is 13.7. The fraction of sp³-hybridized carbons (Fsp3) is 0.333. The van der Waals surface area contributed by atoms with Gasteiger partial charge in [-0.15, -0.1) is 0 Å². The van der Waals surface area contributed by atoms with Crippen LogP contribution in [0.1, 0.15) is 38.7 Å². The van der Waals surface area contributed by atoms with Crippen LogP contribution in [-0.2, 0) is 26.2 Å². The first kappa shape index (κ1) is 29.7. The molecule has 0 radical (unpaired) electrons. The van der Waals surface area contributed by atoms with Crippen molar-refractivity contribution in [2.24, 2.45) is 0 Å². The zero-order valence-electron chi connectivity index (χ0n) is 22.7. The van der Waals surface area contributed by atoms with Crippen molar-refractivity contribution in [1.82, 2.24) is 10.2 Å². The highest BCUT2D eigenvalue weighted by Gasteiger charge is 2.31. The number of nitrogens with zero attached hydrogens (tertiary/aromatic N) is 2. The van der Waals surface area contributed by atoms with Crippen LogP contribution in [-0.4, -0.2) is 50.5 Å². The van der Waals surface area contributed by atoms with Crippen molar-refractivity contribution in [3.8, 4) is 11.5 Å². The molecule has 39 heavy (non-hydrogen) atoms. The molecule has 3 rings (SSSR count). The van der Waals surface area contributed by atoms with E-state index >= 15 is 0 Å². The van der Waals surface area contributed by atoms with Gasteiger partial charge in [-0.05, 0) is 54.8 Å². The van der Waals surface area contributed by atoms with Gasteiger partial charge < -0.3 is 15.0 Å². The number of nitrogens with one attached hydrogen (secondary N) is 1. The summed E-state index contributed by atoms with van der Waals surface area (Å²) in [7, 11) is -3.82. The van der Waals surface area contributed by atoms with E-state index in [0.29, 0.717) is 30.2 Å². The number of ether oxygens (including phenoxy) is 1. The van der Waals surface area contributed by atoms with Crippen molar-refractivity contribution in [2.45, 2.75) is 45.7 Å². The van der Waals surface area contributed by atoms with Gasteiger partial charge in [-0.1, -0.05) is 68.8 Å². The summed E-state index contributed by atoms with van der Waals surface area (Å²) >= 11 is 0. The summed E-state index contributed by atoms with van der Waals surface area (Å²) in [5.41, 5.74) is 1.17. The van der Waals surface area contributed by atoms with Gasteiger partial charge in [0.1, 0.15) is 24.1 Å². The average Bonchev–Trinajstić information content (AvgIpc) is 2.93. The number of hydrogen-bond donors (Lipinski definition) is 1. The zero-order valence-corrected chi connectivity index (χ0v) is 23.6.